The van der Waals surface area contributed by atoms with Crippen molar-refractivity contribution in [1.82, 2.24) is 10.2 Å². The molecule has 0 saturated carbocycles. The van der Waals surface area contributed by atoms with E-state index in [1.165, 1.54) is 0 Å². The molecule has 0 bridgehead atoms. The minimum Gasteiger partial charge on any atom is -0.492 e. The van der Waals surface area contributed by atoms with Crippen LogP contribution in [0.15, 0.2) is 18.2 Å². The van der Waals surface area contributed by atoms with Crippen LogP contribution in [0, 0.1) is 11.6 Å². The van der Waals surface area contributed by atoms with Crippen molar-refractivity contribution in [2.45, 2.75) is 13.8 Å². The molecule has 0 aromatic heterocycles. The molecule has 1 aromatic carbocycles. The fourth-order valence-electron chi connectivity index (χ4n) is 1.56. The molecule has 19 heavy (non-hydrogen) atoms. The van der Waals surface area contributed by atoms with Crippen LogP contribution in [-0.2, 0) is 0 Å². The molecule has 1 rings (SSSR count). The van der Waals surface area contributed by atoms with Crippen LogP contribution in [0.1, 0.15) is 13.8 Å². The maximum atomic E-state index is 12.9. The van der Waals surface area contributed by atoms with E-state index in [1.54, 1.807) is 4.90 Å². The summed E-state index contributed by atoms with van der Waals surface area (Å²) in [5, 5.41) is 2.66. The number of nitrogens with one attached hydrogen (secondary N) is 1. The van der Waals surface area contributed by atoms with Crippen LogP contribution in [0.2, 0.25) is 0 Å². The van der Waals surface area contributed by atoms with Gasteiger partial charge in [0.25, 0.3) is 0 Å². The third-order valence-electron chi connectivity index (χ3n) is 2.53. The molecule has 0 saturated heterocycles. The Hall–Kier alpha value is -1.85. The van der Waals surface area contributed by atoms with Crippen LogP contribution in [0.3, 0.4) is 0 Å². The summed E-state index contributed by atoms with van der Waals surface area (Å²) in [7, 11) is 0. The zero-order chi connectivity index (χ0) is 14.3. The van der Waals surface area contributed by atoms with E-state index in [1.807, 2.05) is 13.8 Å². The van der Waals surface area contributed by atoms with Gasteiger partial charge in [0.1, 0.15) is 24.0 Å². The summed E-state index contributed by atoms with van der Waals surface area (Å²) in [6.07, 6.45) is 0. The van der Waals surface area contributed by atoms with Gasteiger partial charge in [-0.3, -0.25) is 0 Å². The summed E-state index contributed by atoms with van der Waals surface area (Å²) < 4.78 is 30.9. The fourth-order valence-corrected chi connectivity index (χ4v) is 1.56. The Morgan fingerprint density at radius 1 is 1.21 bits per heavy atom. The second-order valence-electron chi connectivity index (χ2n) is 3.86. The third-order valence-corrected chi connectivity index (χ3v) is 2.53. The Morgan fingerprint density at radius 3 is 2.32 bits per heavy atom. The zero-order valence-electron chi connectivity index (χ0n) is 11.1. The summed E-state index contributed by atoms with van der Waals surface area (Å²) in [6.45, 7) is 5.43. The first-order valence-electron chi connectivity index (χ1n) is 6.18. The number of halogens is 2. The average Bonchev–Trinajstić information content (AvgIpc) is 2.35. The van der Waals surface area contributed by atoms with Crippen molar-refractivity contribution >= 4 is 6.03 Å². The zero-order valence-corrected chi connectivity index (χ0v) is 11.1. The van der Waals surface area contributed by atoms with E-state index in [0.717, 1.165) is 18.2 Å². The summed E-state index contributed by atoms with van der Waals surface area (Å²) in [4.78, 5) is 13.2. The number of urea groups is 1. The SMILES string of the molecule is CCN(CC)C(=O)NCCOc1cc(F)cc(F)c1. The highest BCUT2D eigenvalue weighted by Crippen LogP contribution is 2.14. The molecule has 0 aliphatic heterocycles. The lowest BCUT2D eigenvalue weighted by molar-refractivity contribution is 0.200. The molecule has 0 unspecified atom stereocenters. The molecule has 0 heterocycles. The topological polar surface area (TPSA) is 41.6 Å². The first kappa shape index (κ1) is 15.2. The predicted octanol–water partition coefficient (Wildman–Crippen LogP) is 2.40. The average molecular weight is 272 g/mol. The summed E-state index contributed by atoms with van der Waals surface area (Å²) in [6, 6.07) is 2.78. The number of rotatable bonds is 6. The van der Waals surface area contributed by atoms with Gasteiger partial charge in [-0.15, -0.1) is 0 Å². The number of carbonyl (C=O) groups is 1. The van der Waals surface area contributed by atoms with Crippen molar-refractivity contribution in [2.75, 3.05) is 26.2 Å². The molecule has 4 nitrogen and oxygen atoms in total. The smallest absolute Gasteiger partial charge is 0.317 e. The Balaban J connectivity index is 2.32. The lowest BCUT2D eigenvalue weighted by Crippen LogP contribution is -2.41. The van der Waals surface area contributed by atoms with Gasteiger partial charge in [-0.05, 0) is 13.8 Å². The first-order chi connectivity index (χ1) is 9.06. The Bertz CT molecular complexity index is 403. The van der Waals surface area contributed by atoms with E-state index in [-0.39, 0.29) is 24.9 Å². The highest BCUT2D eigenvalue weighted by molar-refractivity contribution is 5.73. The molecule has 0 radical (unpaired) electrons. The fraction of sp³-hybridized carbons (Fsp3) is 0.462. The van der Waals surface area contributed by atoms with Crippen molar-refractivity contribution in [3.8, 4) is 5.75 Å². The number of nitrogens with zero attached hydrogens (tertiary/aromatic N) is 1. The molecule has 2 amide bonds. The summed E-state index contributed by atoms with van der Waals surface area (Å²) >= 11 is 0. The number of benzene rings is 1. The molecule has 6 heteroatoms. The minimum absolute atomic E-state index is 0.106. The first-order valence-corrected chi connectivity index (χ1v) is 6.18. The van der Waals surface area contributed by atoms with Crippen LogP contribution in [0.25, 0.3) is 0 Å². The molecule has 106 valence electrons. The number of hydrogen-bond donors (Lipinski definition) is 1. The standard InChI is InChI=1S/C13H18F2N2O2/c1-3-17(4-2)13(18)16-5-6-19-12-8-10(14)7-11(15)9-12/h7-9H,3-6H2,1-2H3,(H,16,18). The van der Waals surface area contributed by atoms with Gasteiger partial charge in [-0.1, -0.05) is 0 Å². The highest BCUT2D eigenvalue weighted by atomic mass is 19.1. The van der Waals surface area contributed by atoms with Crippen molar-refractivity contribution in [1.29, 1.82) is 0 Å². The Kier molecular flexibility index (Phi) is 6.05. The normalized spacial score (nSPS) is 10.1. The number of hydrogen-bond acceptors (Lipinski definition) is 2. The van der Waals surface area contributed by atoms with Gasteiger partial charge in [-0.2, -0.15) is 0 Å². The summed E-state index contributed by atoms with van der Waals surface area (Å²) in [5.41, 5.74) is 0. The van der Waals surface area contributed by atoms with Crippen LogP contribution in [0.4, 0.5) is 13.6 Å². The van der Waals surface area contributed by atoms with E-state index < -0.39 is 11.6 Å². The van der Waals surface area contributed by atoms with Crippen molar-refractivity contribution < 1.29 is 18.3 Å². The molecule has 1 aromatic rings. The van der Waals surface area contributed by atoms with E-state index in [2.05, 4.69) is 5.32 Å². The van der Waals surface area contributed by atoms with Gasteiger partial charge in [-0.25, -0.2) is 13.6 Å². The monoisotopic (exact) mass is 272 g/mol. The second-order valence-corrected chi connectivity index (χ2v) is 3.86. The number of amides is 2. The van der Waals surface area contributed by atoms with E-state index in [0.29, 0.717) is 13.1 Å². The molecule has 1 N–H and O–H groups in total. The van der Waals surface area contributed by atoms with Crippen LogP contribution < -0.4 is 10.1 Å². The minimum atomic E-state index is -0.692. The van der Waals surface area contributed by atoms with Gasteiger partial charge in [0.2, 0.25) is 0 Å². The lowest BCUT2D eigenvalue weighted by Gasteiger charge is -2.19. The number of ether oxygens (including phenoxy) is 1. The molecule has 0 fully saturated rings. The van der Waals surface area contributed by atoms with Gasteiger partial charge < -0.3 is 15.0 Å². The van der Waals surface area contributed by atoms with Gasteiger partial charge >= 0.3 is 6.03 Å². The largest absolute Gasteiger partial charge is 0.492 e. The number of carbonyl (C=O) groups excluding carboxylic acids is 1. The lowest BCUT2D eigenvalue weighted by atomic mass is 10.3. The molecule has 0 atom stereocenters. The molecular formula is C13H18F2N2O2. The quantitative estimate of drug-likeness (QED) is 0.808. The van der Waals surface area contributed by atoms with E-state index in [9.17, 15) is 13.6 Å². The maximum absolute atomic E-state index is 12.9. The van der Waals surface area contributed by atoms with E-state index >= 15 is 0 Å². The van der Waals surface area contributed by atoms with Crippen LogP contribution >= 0.6 is 0 Å². The van der Waals surface area contributed by atoms with Crippen molar-refractivity contribution in [2.24, 2.45) is 0 Å². The highest BCUT2D eigenvalue weighted by Gasteiger charge is 2.07. The molecule has 0 aliphatic carbocycles. The summed E-state index contributed by atoms with van der Waals surface area (Å²) in [5.74, 6) is -1.28. The van der Waals surface area contributed by atoms with Crippen molar-refractivity contribution in [3.05, 3.63) is 29.8 Å². The molecule has 0 aliphatic rings. The maximum Gasteiger partial charge on any atom is 0.317 e. The van der Waals surface area contributed by atoms with Crippen molar-refractivity contribution in [3.63, 3.8) is 0 Å². The van der Waals surface area contributed by atoms with Gasteiger partial charge in [0.05, 0.1) is 6.54 Å². The van der Waals surface area contributed by atoms with Crippen LogP contribution in [-0.4, -0.2) is 37.2 Å². The Labute approximate surface area is 111 Å². The van der Waals surface area contributed by atoms with Gasteiger partial charge in [0, 0.05) is 31.3 Å². The molecule has 0 spiro atoms. The van der Waals surface area contributed by atoms with E-state index in [4.69, 9.17) is 4.74 Å². The molecular weight excluding hydrogens is 254 g/mol. The Morgan fingerprint density at radius 2 is 1.79 bits per heavy atom. The predicted molar refractivity (Wildman–Crippen MR) is 68.2 cm³/mol. The van der Waals surface area contributed by atoms with Crippen LogP contribution in [0.5, 0.6) is 5.75 Å². The third kappa shape index (κ3) is 5.11. The van der Waals surface area contributed by atoms with Gasteiger partial charge in [0.15, 0.2) is 0 Å². The second kappa shape index (κ2) is 7.56.